The molecule has 5 rings (SSSR count). The molecule has 0 unspecified atom stereocenters. The van der Waals surface area contributed by atoms with Crippen molar-refractivity contribution in [3.63, 3.8) is 0 Å². The van der Waals surface area contributed by atoms with Crippen LogP contribution in [0.3, 0.4) is 0 Å². The summed E-state index contributed by atoms with van der Waals surface area (Å²) in [5.41, 5.74) is 6.99. The van der Waals surface area contributed by atoms with Gasteiger partial charge in [0.2, 0.25) is 0 Å². The molecule has 0 fully saturated rings. The Balaban J connectivity index is 1.41. The summed E-state index contributed by atoms with van der Waals surface area (Å²) in [5.74, 6) is -0.165. The first-order chi connectivity index (χ1) is 15.7. The van der Waals surface area contributed by atoms with Gasteiger partial charge in [-0.3, -0.25) is 14.9 Å². The highest BCUT2D eigenvalue weighted by Crippen LogP contribution is 2.24. The van der Waals surface area contributed by atoms with E-state index in [-0.39, 0.29) is 5.91 Å². The fraction of sp³-hybridized carbons (Fsp3) is 0.0800. The number of carbonyl (C=O) groups excluding carboxylic acids is 1. The number of pyridine rings is 1. The number of anilines is 1. The first kappa shape index (κ1) is 19.6. The lowest BCUT2D eigenvalue weighted by Gasteiger charge is -2.12. The zero-order valence-corrected chi connectivity index (χ0v) is 17.4. The van der Waals surface area contributed by atoms with E-state index in [1.54, 1.807) is 18.6 Å². The van der Waals surface area contributed by atoms with Crippen molar-refractivity contribution >= 4 is 22.5 Å². The number of aryl methyl sites for hydroxylation is 1. The van der Waals surface area contributed by atoms with Gasteiger partial charge in [-0.25, -0.2) is 9.97 Å². The van der Waals surface area contributed by atoms with Crippen LogP contribution in [0.2, 0.25) is 0 Å². The maximum absolute atomic E-state index is 12.9. The largest absolute Gasteiger partial charge is 0.322 e. The molecule has 156 valence electrons. The van der Waals surface area contributed by atoms with Crippen molar-refractivity contribution in [2.75, 3.05) is 5.32 Å². The molecule has 7 nitrogen and oxygen atoms in total. The monoisotopic (exact) mass is 420 g/mol. The van der Waals surface area contributed by atoms with Crippen molar-refractivity contribution in [2.45, 2.75) is 13.3 Å². The molecule has 0 aliphatic carbocycles. The van der Waals surface area contributed by atoms with Gasteiger partial charge in [-0.15, -0.1) is 0 Å². The highest BCUT2D eigenvalue weighted by molar-refractivity contribution is 6.05. The van der Waals surface area contributed by atoms with E-state index in [0.717, 1.165) is 39.0 Å². The number of nitrogens with one attached hydrogen (secondary N) is 2. The van der Waals surface area contributed by atoms with Gasteiger partial charge >= 0.3 is 0 Å². The average molecular weight is 420 g/mol. The van der Waals surface area contributed by atoms with Crippen LogP contribution in [0.25, 0.3) is 22.2 Å². The van der Waals surface area contributed by atoms with Gasteiger partial charge in [-0.1, -0.05) is 6.07 Å². The molecule has 0 bridgehead atoms. The number of rotatable bonds is 5. The molecule has 0 radical (unpaired) electrons. The van der Waals surface area contributed by atoms with Crippen LogP contribution in [-0.4, -0.2) is 31.1 Å². The van der Waals surface area contributed by atoms with Crippen molar-refractivity contribution in [3.05, 3.63) is 102 Å². The quantitative estimate of drug-likeness (QED) is 0.434. The summed E-state index contributed by atoms with van der Waals surface area (Å²) in [6.45, 7) is 2.04. The highest BCUT2D eigenvalue weighted by atomic mass is 16.1. The fourth-order valence-corrected chi connectivity index (χ4v) is 3.66. The van der Waals surface area contributed by atoms with Crippen molar-refractivity contribution in [2.24, 2.45) is 0 Å². The lowest BCUT2D eigenvalue weighted by Crippen LogP contribution is -2.12. The Labute approximate surface area is 184 Å². The zero-order chi connectivity index (χ0) is 21.9. The van der Waals surface area contributed by atoms with Gasteiger partial charge in [-0.05, 0) is 66.6 Å². The maximum atomic E-state index is 12.9. The average Bonchev–Trinajstić information content (AvgIpc) is 3.29. The van der Waals surface area contributed by atoms with Crippen LogP contribution in [0.5, 0.6) is 0 Å². The Kier molecular flexibility index (Phi) is 5.13. The summed E-state index contributed by atoms with van der Waals surface area (Å²) < 4.78 is 0. The van der Waals surface area contributed by atoms with E-state index in [1.165, 1.54) is 6.33 Å². The van der Waals surface area contributed by atoms with Gasteiger partial charge in [0.1, 0.15) is 6.33 Å². The smallest absolute Gasteiger partial charge is 0.255 e. The first-order valence-corrected chi connectivity index (χ1v) is 10.2. The number of H-pyrrole nitrogens is 1. The van der Waals surface area contributed by atoms with Crippen LogP contribution in [0, 0.1) is 6.92 Å². The minimum atomic E-state index is -0.165. The molecule has 0 saturated heterocycles. The molecule has 3 aromatic heterocycles. The third-order valence-corrected chi connectivity index (χ3v) is 5.42. The number of benzene rings is 2. The molecule has 32 heavy (non-hydrogen) atoms. The van der Waals surface area contributed by atoms with Crippen LogP contribution >= 0.6 is 0 Å². The van der Waals surface area contributed by atoms with Gasteiger partial charge in [-0.2, -0.15) is 5.10 Å². The number of aromatic amines is 1. The van der Waals surface area contributed by atoms with Gasteiger partial charge < -0.3 is 5.32 Å². The second-order valence-electron chi connectivity index (χ2n) is 7.54. The molecule has 1 amide bonds. The molecule has 0 aliphatic rings. The first-order valence-electron chi connectivity index (χ1n) is 10.2. The molecular weight excluding hydrogens is 400 g/mol. The van der Waals surface area contributed by atoms with Crippen LogP contribution in [-0.2, 0) is 6.42 Å². The Bertz CT molecular complexity index is 1410. The summed E-state index contributed by atoms with van der Waals surface area (Å²) in [4.78, 5) is 25.9. The van der Waals surface area contributed by atoms with Gasteiger partial charge in [0.25, 0.3) is 5.91 Å². The highest BCUT2D eigenvalue weighted by Gasteiger charge is 2.13. The van der Waals surface area contributed by atoms with Crippen LogP contribution < -0.4 is 5.32 Å². The van der Waals surface area contributed by atoms with E-state index in [0.29, 0.717) is 17.7 Å². The Hall–Kier alpha value is -4.39. The summed E-state index contributed by atoms with van der Waals surface area (Å²) in [6, 6.07) is 17.2. The Morgan fingerprint density at radius 3 is 2.84 bits per heavy atom. The minimum Gasteiger partial charge on any atom is -0.322 e. The number of aromatic nitrogens is 5. The third kappa shape index (κ3) is 3.96. The van der Waals surface area contributed by atoms with E-state index in [4.69, 9.17) is 0 Å². The molecule has 5 aromatic rings. The Morgan fingerprint density at radius 1 is 1.03 bits per heavy atom. The molecule has 2 N–H and O–H groups in total. The van der Waals surface area contributed by atoms with Crippen LogP contribution in [0.15, 0.2) is 79.5 Å². The Morgan fingerprint density at radius 2 is 1.97 bits per heavy atom. The van der Waals surface area contributed by atoms with E-state index in [9.17, 15) is 4.79 Å². The molecule has 0 aliphatic heterocycles. The van der Waals surface area contributed by atoms with E-state index in [2.05, 4.69) is 30.5 Å². The van der Waals surface area contributed by atoms with Crippen molar-refractivity contribution < 1.29 is 4.79 Å². The number of amides is 1. The molecule has 7 heteroatoms. The number of fused-ring (bicyclic) bond motifs is 1. The second kappa shape index (κ2) is 8.39. The number of hydrogen-bond donors (Lipinski definition) is 2. The van der Waals surface area contributed by atoms with Crippen molar-refractivity contribution in [3.8, 4) is 11.3 Å². The molecule has 0 atom stereocenters. The van der Waals surface area contributed by atoms with Crippen LogP contribution in [0.1, 0.15) is 27.2 Å². The maximum Gasteiger partial charge on any atom is 0.255 e. The van der Waals surface area contributed by atoms with Crippen molar-refractivity contribution in [1.29, 1.82) is 0 Å². The minimum absolute atomic E-state index is 0.165. The SMILES string of the molecule is Cc1ccc(C(=O)Nc2ccc3cn[nH]c3c2)cc1Cc1ncccc1-c1ccncn1. The van der Waals surface area contributed by atoms with E-state index >= 15 is 0 Å². The zero-order valence-electron chi connectivity index (χ0n) is 17.4. The summed E-state index contributed by atoms with van der Waals surface area (Å²) >= 11 is 0. The molecule has 0 saturated carbocycles. The van der Waals surface area contributed by atoms with Crippen molar-refractivity contribution in [1.82, 2.24) is 25.1 Å². The molecule has 2 aromatic carbocycles. The number of hydrogen-bond acceptors (Lipinski definition) is 5. The lowest BCUT2D eigenvalue weighted by molar-refractivity contribution is 0.102. The molecule has 0 spiro atoms. The molecular formula is C25H20N6O. The topological polar surface area (TPSA) is 96.5 Å². The molecule has 3 heterocycles. The standard InChI is InChI=1S/C25H20N6O/c1-16-4-5-17(25(32)30-20-7-6-18-14-29-31-23(18)13-20)11-19(16)12-24-21(3-2-9-27-24)22-8-10-26-15-28-22/h2-11,13-15H,12H2,1H3,(H,29,31)(H,30,32). The normalized spacial score (nSPS) is 10.9. The predicted molar refractivity (Wildman–Crippen MR) is 123 cm³/mol. The van der Waals surface area contributed by atoms with Gasteiger partial charge in [0.15, 0.2) is 0 Å². The van der Waals surface area contributed by atoms with Gasteiger partial charge in [0, 0.05) is 41.0 Å². The van der Waals surface area contributed by atoms with Gasteiger partial charge in [0.05, 0.1) is 23.1 Å². The lowest BCUT2D eigenvalue weighted by atomic mass is 9.97. The summed E-state index contributed by atoms with van der Waals surface area (Å²) in [5, 5.41) is 10.9. The predicted octanol–water partition coefficient (Wildman–Crippen LogP) is 4.57. The van der Waals surface area contributed by atoms with Crippen LogP contribution in [0.4, 0.5) is 5.69 Å². The third-order valence-electron chi connectivity index (χ3n) is 5.42. The van der Waals surface area contributed by atoms with E-state index < -0.39 is 0 Å². The summed E-state index contributed by atoms with van der Waals surface area (Å²) in [7, 11) is 0. The number of carbonyl (C=O) groups is 1. The fourth-order valence-electron chi connectivity index (χ4n) is 3.66. The summed E-state index contributed by atoms with van der Waals surface area (Å²) in [6.07, 6.45) is 7.37. The van der Waals surface area contributed by atoms with E-state index in [1.807, 2.05) is 61.5 Å². The number of nitrogens with zero attached hydrogens (tertiary/aromatic N) is 4. The second-order valence-corrected chi connectivity index (χ2v) is 7.54.